The van der Waals surface area contributed by atoms with Crippen LogP contribution in [-0.2, 0) is 0 Å². The van der Waals surface area contributed by atoms with Crippen LogP contribution in [0.5, 0.6) is 0 Å². The first-order chi connectivity index (χ1) is 8.11. The highest BCUT2D eigenvalue weighted by atomic mass is 35.5. The molecule has 1 aliphatic rings. The monoisotopic (exact) mass is 289 g/mol. The van der Waals surface area contributed by atoms with E-state index in [-0.39, 0.29) is 5.91 Å². The maximum atomic E-state index is 12.3. The summed E-state index contributed by atoms with van der Waals surface area (Å²) >= 11 is 14.1. The molecule has 1 amide bonds. The number of aryl methyl sites for hydroxylation is 1. The molecule has 0 aromatic heterocycles. The van der Waals surface area contributed by atoms with Gasteiger partial charge in [0.25, 0.3) is 5.91 Å². The van der Waals surface area contributed by atoms with Crippen molar-refractivity contribution in [2.45, 2.75) is 6.92 Å². The number of carbonyl (C=O) groups excluding carboxylic acids is 1. The van der Waals surface area contributed by atoms with Gasteiger partial charge in [0.1, 0.15) is 0 Å². The van der Waals surface area contributed by atoms with Crippen LogP contribution in [0.3, 0.4) is 0 Å². The van der Waals surface area contributed by atoms with Gasteiger partial charge in [-0.2, -0.15) is 11.8 Å². The summed E-state index contributed by atoms with van der Waals surface area (Å²) in [6.07, 6.45) is 0. The molecular formula is C12H13Cl2NOS. The number of hydrogen-bond acceptors (Lipinski definition) is 2. The van der Waals surface area contributed by atoms with Crippen LogP contribution in [0, 0.1) is 6.92 Å². The van der Waals surface area contributed by atoms with E-state index in [0.717, 1.165) is 30.2 Å². The largest absolute Gasteiger partial charge is 0.337 e. The summed E-state index contributed by atoms with van der Waals surface area (Å²) < 4.78 is 0. The molecule has 1 fully saturated rings. The minimum atomic E-state index is -0.0165. The Hall–Kier alpha value is -0.380. The van der Waals surface area contributed by atoms with Crippen LogP contribution >= 0.6 is 35.0 Å². The topological polar surface area (TPSA) is 20.3 Å². The first-order valence-electron chi connectivity index (χ1n) is 5.43. The van der Waals surface area contributed by atoms with Gasteiger partial charge in [-0.3, -0.25) is 4.79 Å². The predicted octanol–water partition coefficient (Wildman–Crippen LogP) is 3.49. The van der Waals surface area contributed by atoms with Crippen LogP contribution in [0.4, 0.5) is 0 Å². The Kier molecular flexibility index (Phi) is 4.23. The van der Waals surface area contributed by atoms with Crippen molar-refractivity contribution < 1.29 is 4.79 Å². The second-order valence-electron chi connectivity index (χ2n) is 3.96. The smallest absolute Gasteiger partial charge is 0.255 e. The van der Waals surface area contributed by atoms with Gasteiger partial charge in [-0.05, 0) is 18.6 Å². The van der Waals surface area contributed by atoms with Crippen molar-refractivity contribution in [1.29, 1.82) is 0 Å². The third-order valence-electron chi connectivity index (χ3n) is 2.80. The lowest BCUT2D eigenvalue weighted by Gasteiger charge is -2.27. The van der Waals surface area contributed by atoms with Crippen molar-refractivity contribution in [2.75, 3.05) is 24.6 Å². The van der Waals surface area contributed by atoms with Crippen LogP contribution in [0.25, 0.3) is 0 Å². The van der Waals surface area contributed by atoms with Crippen LogP contribution in [0.15, 0.2) is 12.1 Å². The van der Waals surface area contributed by atoms with Crippen molar-refractivity contribution in [3.8, 4) is 0 Å². The highest BCUT2D eigenvalue weighted by Gasteiger charge is 2.21. The second kappa shape index (κ2) is 5.51. The Bertz CT molecular complexity index is 444. The molecule has 1 aromatic rings. The highest BCUT2D eigenvalue weighted by Crippen LogP contribution is 2.30. The zero-order valence-electron chi connectivity index (χ0n) is 9.50. The average molecular weight is 290 g/mol. The van der Waals surface area contributed by atoms with E-state index in [9.17, 15) is 4.79 Å². The average Bonchev–Trinajstić information content (AvgIpc) is 2.36. The van der Waals surface area contributed by atoms with Gasteiger partial charge in [-0.1, -0.05) is 29.3 Å². The molecule has 0 aliphatic carbocycles. The molecule has 0 saturated carbocycles. The SMILES string of the molecule is Cc1ccc(C(=O)N2CCSCC2)c(Cl)c1Cl. The molecule has 0 atom stereocenters. The van der Waals surface area contributed by atoms with Gasteiger partial charge in [0.05, 0.1) is 15.6 Å². The third-order valence-corrected chi connectivity index (χ3v) is 4.72. The van der Waals surface area contributed by atoms with E-state index in [0.29, 0.717) is 15.6 Å². The number of hydrogen-bond donors (Lipinski definition) is 0. The number of thioether (sulfide) groups is 1. The fourth-order valence-corrected chi connectivity index (χ4v) is 3.11. The zero-order valence-corrected chi connectivity index (χ0v) is 11.8. The molecule has 2 rings (SSSR count). The Morgan fingerprint density at radius 3 is 2.53 bits per heavy atom. The first-order valence-corrected chi connectivity index (χ1v) is 7.34. The van der Waals surface area contributed by atoms with Crippen molar-refractivity contribution in [3.05, 3.63) is 33.3 Å². The molecule has 1 aromatic carbocycles. The Morgan fingerprint density at radius 1 is 1.24 bits per heavy atom. The summed E-state index contributed by atoms with van der Waals surface area (Å²) in [4.78, 5) is 14.1. The quantitative estimate of drug-likeness (QED) is 0.789. The summed E-state index contributed by atoms with van der Waals surface area (Å²) in [7, 11) is 0. The molecule has 5 heteroatoms. The summed E-state index contributed by atoms with van der Waals surface area (Å²) in [5, 5.41) is 0.846. The summed E-state index contributed by atoms with van der Waals surface area (Å²) in [6, 6.07) is 3.59. The second-order valence-corrected chi connectivity index (χ2v) is 5.94. The van der Waals surface area contributed by atoms with Crippen LogP contribution in [0.2, 0.25) is 10.0 Å². The fourth-order valence-electron chi connectivity index (χ4n) is 1.75. The molecule has 1 saturated heterocycles. The number of nitrogens with zero attached hydrogens (tertiary/aromatic N) is 1. The third kappa shape index (κ3) is 2.72. The molecule has 0 bridgehead atoms. The number of rotatable bonds is 1. The molecule has 0 radical (unpaired) electrons. The molecule has 2 nitrogen and oxygen atoms in total. The Labute approximate surface area is 115 Å². The van der Waals surface area contributed by atoms with Crippen LogP contribution in [0.1, 0.15) is 15.9 Å². The molecule has 1 heterocycles. The molecule has 0 unspecified atom stereocenters. The van der Waals surface area contributed by atoms with Gasteiger partial charge in [0.15, 0.2) is 0 Å². The maximum Gasteiger partial charge on any atom is 0.255 e. The van der Waals surface area contributed by atoms with Gasteiger partial charge in [-0.25, -0.2) is 0 Å². The van der Waals surface area contributed by atoms with E-state index in [1.165, 1.54) is 0 Å². The summed E-state index contributed by atoms with van der Waals surface area (Å²) in [5.41, 5.74) is 1.40. The van der Waals surface area contributed by atoms with E-state index in [2.05, 4.69) is 0 Å². The molecule has 17 heavy (non-hydrogen) atoms. The molecule has 1 aliphatic heterocycles. The van der Waals surface area contributed by atoms with E-state index in [1.54, 1.807) is 6.07 Å². The standard InChI is InChI=1S/C12H13Cl2NOS/c1-8-2-3-9(11(14)10(8)13)12(16)15-4-6-17-7-5-15/h2-3H,4-7H2,1H3. The minimum absolute atomic E-state index is 0.0165. The van der Waals surface area contributed by atoms with Crippen molar-refractivity contribution in [2.24, 2.45) is 0 Å². The fraction of sp³-hybridized carbons (Fsp3) is 0.417. The summed E-state index contributed by atoms with van der Waals surface area (Å²) in [5.74, 6) is 1.96. The highest BCUT2D eigenvalue weighted by molar-refractivity contribution is 7.99. The number of carbonyl (C=O) groups is 1. The normalized spacial score (nSPS) is 16.1. The first kappa shape index (κ1) is 13.1. The lowest BCUT2D eigenvalue weighted by Crippen LogP contribution is -2.38. The number of benzene rings is 1. The van der Waals surface area contributed by atoms with E-state index in [4.69, 9.17) is 23.2 Å². The van der Waals surface area contributed by atoms with Gasteiger partial charge >= 0.3 is 0 Å². The van der Waals surface area contributed by atoms with Crippen molar-refractivity contribution in [3.63, 3.8) is 0 Å². The van der Waals surface area contributed by atoms with Crippen LogP contribution in [-0.4, -0.2) is 35.4 Å². The molecule has 0 spiro atoms. The molecule has 0 N–H and O–H groups in total. The minimum Gasteiger partial charge on any atom is -0.337 e. The molecular weight excluding hydrogens is 277 g/mol. The zero-order chi connectivity index (χ0) is 12.4. The van der Waals surface area contributed by atoms with Gasteiger partial charge in [-0.15, -0.1) is 0 Å². The van der Waals surface area contributed by atoms with E-state index >= 15 is 0 Å². The maximum absolute atomic E-state index is 12.3. The number of amides is 1. The predicted molar refractivity (Wildman–Crippen MR) is 74.4 cm³/mol. The molecule has 92 valence electrons. The summed E-state index contributed by atoms with van der Waals surface area (Å²) in [6.45, 7) is 3.44. The van der Waals surface area contributed by atoms with Gasteiger partial charge in [0.2, 0.25) is 0 Å². The lowest BCUT2D eigenvalue weighted by molar-refractivity contribution is 0.0772. The Morgan fingerprint density at radius 2 is 1.88 bits per heavy atom. The van der Waals surface area contributed by atoms with Gasteiger partial charge in [0, 0.05) is 24.6 Å². The van der Waals surface area contributed by atoms with Crippen molar-refractivity contribution in [1.82, 2.24) is 4.90 Å². The van der Waals surface area contributed by atoms with Crippen molar-refractivity contribution >= 4 is 40.9 Å². The van der Waals surface area contributed by atoms with Crippen LogP contribution < -0.4 is 0 Å². The lowest BCUT2D eigenvalue weighted by atomic mass is 10.1. The van der Waals surface area contributed by atoms with E-state index in [1.807, 2.05) is 29.7 Å². The number of halogens is 2. The van der Waals surface area contributed by atoms with Gasteiger partial charge < -0.3 is 4.90 Å². The van der Waals surface area contributed by atoms with E-state index < -0.39 is 0 Å². The Balaban J connectivity index is 2.27.